The monoisotopic (exact) mass is 281 g/mol. The van der Waals surface area contributed by atoms with Crippen molar-refractivity contribution in [3.8, 4) is 0 Å². The number of nitrogens with one attached hydrogen (secondary N) is 1. The first-order valence-corrected chi connectivity index (χ1v) is 6.37. The predicted octanol–water partition coefficient (Wildman–Crippen LogP) is 0.124. The summed E-state index contributed by atoms with van der Waals surface area (Å²) in [5.74, 6) is -0.522. The molecule has 1 fully saturated rings. The van der Waals surface area contributed by atoms with E-state index in [1.165, 1.54) is 24.5 Å². The minimum Gasteiger partial charge on any atom is -0.626 e. The molecular formula is C12H15N3O5. The largest absolute Gasteiger partial charge is 0.626 e. The Balaban J connectivity index is 1.90. The van der Waals surface area contributed by atoms with Crippen molar-refractivity contribution >= 4 is 5.91 Å². The van der Waals surface area contributed by atoms with Gasteiger partial charge in [0.25, 0.3) is 5.09 Å². The van der Waals surface area contributed by atoms with Gasteiger partial charge in [0.15, 0.2) is 0 Å². The SMILES string of the molecule is O=C(c1ccncc1)[NH+]([O-])C1CCC(O[N+](=O)[O-])CC1. The Hall–Kier alpha value is -2.06. The van der Waals surface area contributed by atoms with Crippen LogP contribution in [-0.4, -0.2) is 28.1 Å². The van der Waals surface area contributed by atoms with Gasteiger partial charge in [0.1, 0.15) is 6.10 Å². The van der Waals surface area contributed by atoms with E-state index in [2.05, 4.69) is 9.82 Å². The molecule has 1 N–H and O–H groups in total. The third-order valence-electron chi connectivity index (χ3n) is 3.45. The van der Waals surface area contributed by atoms with Crippen LogP contribution in [0.5, 0.6) is 0 Å². The van der Waals surface area contributed by atoms with Crippen molar-refractivity contribution in [1.82, 2.24) is 4.98 Å². The lowest BCUT2D eigenvalue weighted by Gasteiger charge is -2.33. The first-order chi connectivity index (χ1) is 9.58. The van der Waals surface area contributed by atoms with E-state index in [1.807, 2.05) is 0 Å². The molecule has 0 aromatic carbocycles. The maximum atomic E-state index is 12.1. The van der Waals surface area contributed by atoms with E-state index in [0.717, 1.165) is 0 Å². The lowest BCUT2D eigenvalue weighted by atomic mass is 9.92. The minimum absolute atomic E-state index is 0.327. The van der Waals surface area contributed by atoms with Crippen LogP contribution in [0.2, 0.25) is 0 Å². The Labute approximate surface area is 115 Å². The normalized spacial score (nSPS) is 23.9. The number of pyridine rings is 1. The fraction of sp³-hybridized carbons (Fsp3) is 0.500. The first kappa shape index (κ1) is 14.4. The standard InChI is InChI=1S/C12H15N3O5/c16-12(9-5-7-13-8-6-9)14(17)10-1-3-11(4-2-10)20-15(18)19/h5-8,10-11,14H,1-4H2. The highest BCUT2D eigenvalue weighted by Crippen LogP contribution is 2.19. The molecule has 1 amide bonds. The van der Waals surface area contributed by atoms with E-state index >= 15 is 0 Å². The van der Waals surface area contributed by atoms with Gasteiger partial charge < -0.3 is 15.1 Å². The summed E-state index contributed by atoms with van der Waals surface area (Å²) in [7, 11) is 0. The second-order valence-corrected chi connectivity index (χ2v) is 4.73. The van der Waals surface area contributed by atoms with Crippen LogP contribution in [0.1, 0.15) is 36.0 Å². The van der Waals surface area contributed by atoms with Crippen LogP contribution in [0.15, 0.2) is 24.5 Å². The lowest BCUT2D eigenvalue weighted by molar-refractivity contribution is -0.795. The molecule has 1 saturated carbocycles. The second-order valence-electron chi connectivity index (χ2n) is 4.73. The molecule has 1 heterocycles. The topological polar surface area (TPSA) is 110 Å². The molecule has 0 radical (unpaired) electrons. The van der Waals surface area contributed by atoms with Crippen molar-refractivity contribution in [2.45, 2.75) is 37.8 Å². The van der Waals surface area contributed by atoms with Gasteiger partial charge >= 0.3 is 5.91 Å². The number of carbonyl (C=O) groups excluding carboxylic acids is 1. The van der Waals surface area contributed by atoms with Crippen LogP contribution in [0.25, 0.3) is 0 Å². The molecular weight excluding hydrogens is 266 g/mol. The molecule has 1 aliphatic carbocycles. The Morgan fingerprint density at radius 3 is 2.45 bits per heavy atom. The number of carbonyl (C=O) groups is 1. The maximum Gasteiger partial charge on any atom is 0.344 e. The van der Waals surface area contributed by atoms with Crippen LogP contribution in [0, 0.1) is 15.3 Å². The lowest BCUT2D eigenvalue weighted by Crippen LogP contribution is -3.14. The molecule has 108 valence electrons. The molecule has 0 aliphatic heterocycles. The molecule has 1 aliphatic rings. The van der Waals surface area contributed by atoms with Crippen molar-refractivity contribution < 1.29 is 19.8 Å². The third-order valence-corrected chi connectivity index (χ3v) is 3.45. The van der Waals surface area contributed by atoms with Crippen LogP contribution < -0.4 is 5.06 Å². The molecule has 0 bridgehead atoms. The van der Waals surface area contributed by atoms with E-state index in [-0.39, 0.29) is 6.04 Å². The summed E-state index contributed by atoms with van der Waals surface area (Å²) in [5, 5.41) is 21.1. The smallest absolute Gasteiger partial charge is 0.344 e. The number of amides is 1. The van der Waals surface area contributed by atoms with Gasteiger partial charge in [-0.1, -0.05) is 0 Å². The van der Waals surface area contributed by atoms with E-state index in [1.54, 1.807) is 0 Å². The third kappa shape index (κ3) is 3.49. The molecule has 8 nitrogen and oxygen atoms in total. The van der Waals surface area contributed by atoms with Gasteiger partial charge in [-0.15, -0.1) is 10.1 Å². The van der Waals surface area contributed by atoms with Gasteiger partial charge in [0.05, 0.1) is 11.6 Å². The summed E-state index contributed by atoms with van der Waals surface area (Å²) in [6.07, 6.45) is 4.17. The van der Waals surface area contributed by atoms with E-state index < -0.39 is 22.2 Å². The number of nitrogens with zero attached hydrogens (tertiary/aromatic N) is 2. The average Bonchev–Trinajstić information content (AvgIpc) is 2.47. The average molecular weight is 281 g/mol. The van der Waals surface area contributed by atoms with Gasteiger partial charge in [-0.2, -0.15) is 0 Å². The fourth-order valence-corrected chi connectivity index (χ4v) is 2.38. The number of rotatable bonds is 4. The summed E-state index contributed by atoms with van der Waals surface area (Å²) in [4.78, 5) is 30.5. The van der Waals surface area contributed by atoms with E-state index in [0.29, 0.717) is 31.2 Å². The van der Waals surface area contributed by atoms with Crippen LogP contribution in [-0.2, 0) is 4.84 Å². The summed E-state index contributed by atoms with van der Waals surface area (Å²) in [6.45, 7) is 0. The quantitative estimate of drug-likeness (QED) is 0.620. The zero-order chi connectivity index (χ0) is 14.5. The van der Waals surface area contributed by atoms with Gasteiger partial charge in [0.2, 0.25) is 0 Å². The second kappa shape index (κ2) is 6.40. The number of hydrogen-bond donors (Lipinski definition) is 1. The minimum atomic E-state index is -0.811. The van der Waals surface area contributed by atoms with Crippen molar-refractivity contribution in [3.63, 3.8) is 0 Å². The Bertz CT molecular complexity index is 473. The van der Waals surface area contributed by atoms with Crippen molar-refractivity contribution in [2.75, 3.05) is 0 Å². The molecule has 8 heteroatoms. The van der Waals surface area contributed by atoms with Gasteiger partial charge in [-0.05, 0) is 25.0 Å². The Morgan fingerprint density at radius 2 is 1.90 bits per heavy atom. The number of hydroxylamine groups is 2. The zero-order valence-corrected chi connectivity index (χ0v) is 10.7. The van der Waals surface area contributed by atoms with E-state index in [9.17, 15) is 20.1 Å². The summed E-state index contributed by atoms with van der Waals surface area (Å²) in [5.41, 5.74) is 0.327. The Morgan fingerprint density at radius 1 is 1.30 bits per heavy atom. The fourth-order valence-electron chi connectivity index (χ4n) is 2.38. The molecule has 20 heavy (non-hydrogen) atoms. The first-order valence-electron chi connectivity index (χ1n) is 6.37. The molecule has 1 aromatic rings. The van der Waals surface area contributed by atoms with Crippen molar-refractivity contribution in [1.29, 1.82) is 0 Å². The van der Waals surface area contributed by atoms with Crippen molar-refractivity contribution in [3.05, 3.63) is 45.4 Å². The number of hydrogen-bond acceptors (Lipinski definition) is 6. The van der Waals surface area contributed by atoms with Crippen LogP contribution >= 0.6 is 0 Å². The summed E-state index contributed by atoms with van der Waals surface area (Å²) >= 11 is 0. The predicted molar refractivity (Wildman–Crippen MR) is 67.0 cm³/mol. The molecule has 0 saturated heterocycles. The van der Waals surface area contributed by atoms with E-state index in [4.69, 9.17) is 0 Å². The van der Waals surface area contributed by atoms with Crippen LogP contribution in [0.4, 0.5) is 0 Å². The van der Waals surface area contributed by atoms with Crippen LogP contribution in [0.3, 0.4) is 0 Å². The maximum absolute atomic E-state index is 12.1. The number of quaternary nitrogens is 1. The molecule has 1 atom stereocenters. The zero-order valence-electron chi connectivity index (χ0n) is 10.7. The molecule has 1 unspecified atom stereocenters. The number of aromatic nitrogens is 1. The summed E-state index contributed by atoms with van der Waals surface area (Å²) in [6, 6.07) is 2.63. The highest BCUT2D eigenvalue weighted by atomic mass is 17.0. The molecule has 0 spiro atoms. The van der Waals surface area contributed by atoms with Gasteiger partial charge in [-0.3, -0.25) is 4.98 Å². The highest BCUT2D eigenvalue weighted by Gasteiger charge is 2.30. The molecule has 2 rings (SSSR count). The highest BCUT2D eigenvalue weighted by molar-refractivity contribution is 5.87. The van der Waals surface area contributed by atoms with Gasteiger partial charge in [-0.25, -0.2) is 4.79 Å². The Kier molecular flexibility index (Phi) is 4.59. The van der Waals surface area contributed by atoms with Gasteiger partial charge in [0, 0.05) is 25.2 Å². The van der Waals surface area contributed by atoms with Crippen molar-refractivity contribution in [2.24, 2.45) is 0 Å². The molecule has 1 aromatic heterocycles. The summed E-state index contributed by atoms with van der Waals surface area (Å²) < 4.78 is 0.